The van der Waals surface area contributed by atoms with Crippen LogP contribution in [0.15, 0.2) is 59.8 Å². The molecule has 32 heavy (non-hydrogen) atoms. The molecule has 10 heteroatoms. The quantitative estimate of drug-likeness (QED) is 0.496. The number of fused-ring (bicyclic) bond motifs is 1. The molecule has 2 aromatic carbocycles. The van der Waals surface area contributed by atoms with Gasteiger partial charge in [0.2, 0.25) is 15.9 Å². The second-order valence-corrected chi connectivity index (χ2v) is 8.71. The number of amides is 1. The summed E-state index contributed by atoms with van der Waals surface area (Å²) in [6.07, 6.45) is 3.12. The molecule has 170 valence electrons. The molecule has 0 saturated carbocycles. The van der Waals surface area contributed by atoms with Crippen LogP contribution in [0.3, 0.4) is 0 Å². The Balaban J connectivity index is 1.90. The van der Waals surface area contributed by atoms with Crippen molar-refractivity contribution in [2.45, 2.75) is 4.90 Å². The van der Waals surface area contributed by atoms with Crippen molar-refractivity contribution in [2.75, 3.05) is 46.3 Å². The van der Waals surface area contributed by atoms with Gasteiger partial charge in [-0.15, -0.1) is 0 Å². The van der Waals surface area contributed by atoms with Crippen LogP contribution in [0.2, 0.25) is 0 Å². The van der Waals surface area contributed by atoms with Crippen LogP contribution in [0.25, 0.3) is 10.8 Å². The summed E-state index contributed by atoms with van der Waals surface area (Å²) >= 11 is 0. The Hall–Kier alpha value is -3.21. The lowest BCUT2D eigenvalue weighted by Crippen LogP contribution is -2.40. The van der Waals surface area contributed by atoms with Crippen LogP contribution in [0, 0.1) is 0 Å². The Bertz CT molecular complexity index is 1190. The van der Waals surface area contributed by atoms with Crippen molar-refractivity contribution in [3.05, 3.63) is 54.9 Å². The maximum atomic E-state index is 13.5. The first-order valence-corrected chi connectivity index (χ1v) is 11.2. The van der Waals surface area contributed by atoms with Gasteiger partial charge < -0.3 is 19.5 Å². The minimum atomic E-state index is -4.01. The van der Waals surface area contributed by atoms with Crippen LogP contribution < -0.4 is 14.8 Å². The molecular formula is C22H25N3O6S. The summed E-state index contributed by atoms with van der Waals surface area (Å²) < 4.78 is 43.6. The van der Waals surface area contributed by atoms with Gasteiger partial charge in [0, 0.05) is 42.9 Å². The zero-order valence-electron chi connectivity index (χ0n) is 18.1. The minimum Gasteiger partial charge on any atom is -0.497 e. The van der Waals surface area contributed by atoms with Crippen molar-refractivity contribution in [1.82, 2.24) is 9.29 Å². The molecule has 1 heterocycles. The minimum absolute atomic E-state index is 0.00295. The van der Waals surface area contributed by atoms with Gasteiger partial charge >= 0.3 is 0 Å². The van der Waals surface area contributed by atoms with E-state index in [0.717, 1.165) is 4.31 Å². The number of methoxy groups -OCH3 is 3. The molecule has 0 radical (unpaired) electrons. The van der Waals surface area contributed by atoms with Crippen molar-refractivity contribution in [2.24, 2.45) is 0 Å². The third-order valence-electron chi connectivity index (χ3n) is 4.80. The number of carbonyl (C=O) groups is 1. The molecule has 0 bridgehead atoms. The van der Waals surface area contributed by atoms with Crippen LogP contribution in [-0.4, -0.2) is 64.6 Å². The van der Waals surface area contributed by atoms with E-state index in [9.17, 15) is 13.2 Å². The summed E-state index contributed by atoms with van der Waals surface area (Å²) in [7, 11) is 0.441. The van der Waals surface area contributed by atoms with Gasteiger partial charge in [0.15, 0.2) is 0 Å². The fraction of sp³-hybridized carbons (Fsp3) is 0.273. The summed E-state index contributed by atoms with van der Waals surface area (Å²) in [5, 5.41) is 3.92. The summed E-state index contributed by atoms with van der Waals surface area (Å²) in [4.78, 5) is 17.0. The topological polar surface area (TPSA) is 107 Å². The summed E-state index contributed by atoms with van der Waals surface area (Å²) in [5.74, 6) is 0.416. The number of sulfonamides is 1. The number of nitrogens with one attached hydrogen (secondary N) is 1. The van der Waals surface area contributed by atoms with Crippen LogP contribution >= 0.6 is 0 Å². The third kappa shape index (κ3) is 5.16. The molecule has 0 aliphatic heterocycles. The molecular weight excluding hydrogens is 434 g/mol. The van der Waals surface area contributed by atoms with Crippen molar-refractivity contribution in [3.63, 3.8) is 0 Å². The standard InChI is InChI=1S/C22H25N3O6S/c1-29-12-11-25(15-22(26)24-19-13-17(30-2)7-8-20(19)31-3)32(27,28)21-6-4-5-16-14-23-10-9-18(16)21/h4-10,13-14H,11-12,15H2,1-3H3,(H,24,26). The number of aromatic nitrogens is 1. The number of anilines is 1. The molecule has 0 saturated heterocycles. The SMILES string of the molecule is COCCN(CC(=O)Nc1cc(OC)ccc1OC)S(=O)(=O)c1cccc2cnccc12. The van der Waals surface area contributed by atoms with E-state index in [1.54, 1.807) is 42.6 Å². The molecule has 0 spiro atoms. The highest BCUT2D eigenvalue weighted by molar-refractivity contribution is 7.89. The van der Waals surface area contributed by atoms with Gasteiger partial charge in [0.1, 0.15) is 11.5 Å². The fourth-order valence-corrected chi connectivity index (χ4v) is 4.79. The van der Waals surface area contributed by atoms with Crippen molar-refractivity contribution >= 4 is 32.4 Å². The molecule has 1 amide bonds. The second kappa shape index (κ2) is 10.4. The Morgan fingerprint density at radius 1 is 1.09 bits per heavy atom. The molecule has 9 nitrogen and oxygen atoms in total. The zero-order valence-corrected chi connectivity index (χ0v) is 18.9. The monoisotopic (exact) mass is 459 g/mol. The highest BCUT2D eigenvalue weighted by atomic mass is 32.2. The Kier molecular flexibility index (Phi) is 7.62. The van der Waals surface area contributed by atoms with E-state index in [2.05, 4.69) is 10.3 Å². The molecule has 3 aromatic rings. The number of nitrogens with zero attached hydrogens (tertiary/aromatic N) is 2. The van der Waals surface area contributed by atoms with Gasteiger partial charge in [-0.05, 0) is 24.3 Å². The smallest absolute Gasteiger partial charge is 0.244 e. The van der Waals surface area contributed by atoms with E-state index in [4.69, 9.17) is 14.2 Å². The predicted octanol–water partition coefficient (Wildman–Crippen LogP) is 2.53. The first-order chi connectivity index (χ1) is 15.4. The molecule has 1 aromatic heterocycles. The number of pyridine rings is 1. The lowest BCUT2D eigenvalue weighted by atomic mass is 10.2. The van der Waals surface area contributed by atoms with Gasteiger partial charge in [-0.3, -0.25) is 9.78 Å². The number of hydrogen-bond donors (Lipinski definition) is 1. The molecule has 0 atom stereocenters. The van der Waals surface area contributed by atoms with E-state index in [0.29, 0.717) is 28.0 Å². The van der Waals surface area contributed by atoms with Crippen LogP contribution in [0.4, 0.5) is 5.69 Å². The van der Waals surface area contributed by atoms with E-state index >= 15 is 0 Å². The number of rotatable bonds is 10. The second-order valence-electron chi connectivity index (χ2n) is 6.80. The Morgan fingerprint density at radius 2 is 1.91 bits per heavy atom. The third-order valence-corrected chi connectivity index (χ3v) is 6.71. The maximum absolute atomic E-state index is 13.5. The van der Waals surface area contributed by atoms with E-state index < -0.39 is 22.5 Å². The lowest BCUT2D eigenvalue weighted by Gasteiger charge is -2.22. The molecule has 3 rings (SSSR count). The average molecular weight is 460 g/mol. The molecule has 0 aliphatic rings. The lowest BCUT2D eigenvalue weighted by molar-refractivity contribution is -0.116. The van der Waals surface area contributed by atoms with Gasteiger partial charge in [0.05, 0.1) is 38.0 Å². The van der Waals surface area contributed by atoms with Crippen LogP contribution in [-0.2, 0) is 19.6 Å². The van der Waals surface area contributed by atoms with Crippen molar-refractivity contribution in [1.29, 1.82) is 0 Å². The summed E-state index contributed by atoms with van der Waals surface area (Å²) in [6.45, 7) is -0.280. The molecule has 0 unspecified atom stereocenters. The summed E-state index contributed by atoms with van der Waals surface area (Å²) in [6, 6.07) is 11.5. The highest BCUT2D eigenvalue weighted by Gasteiger charge is 2.28. The molecule has 0 fully saturated rings. The van der Waals surface area contributed by atoms with Gasteiger partial charge in [-0.1, -0.05) is 12.1 Å². The van der Waals surface area contributed by atoms with E-state index in [1.165, 1.54) is 33.6 Å². The molecule has 1 N–H and O–H groups in total. The normalized spacial score (nSPS) is 11.5. The van der Waals surface area contributed by atoms with Gasteiger partial charge in [-0.2, -0.15) is 4.31 Å². The first-order valence-electron chi connectivity index (χ1n) is 9.74. The van der Waals surface area contributed by atoms with Gasteiger partial charge in [0.25, 0.3) is 0 Å². The zero-order chi connectivity index (χ0) is 23.1. The van der Waals surface area contributed by atoms with E-state index in [1.807, 2.05) is 0 Å². The number of carbonyl (C=O) groups excluding carboxylic acids is 1. The van der Waals surface area contributed by atoms with Gasteiger partial charge in [-0.25, -0.2) is 8.42 Å². The van der Waals surface area contributed by atoms with Crippen LogP contribution in [0.5, 0.6) is 11.5 Å². The average Bonchev–Trinajstić information content (AvgIpc) is 2.81. The highest BCUT2D eigenvalue weighted by Crippen LogP contribution is 2.29. The van der Waals surface area contributed by atoms with Crippen molar-refractivity contribution < 1.29 is 27.4 Å². The molecule has 0 aliphatic carbocycles. The Morgan fingerprint density at radius 3 is 2.62 bits per heavy atom. The van der Waals surface area contributed by atoms with Crippen LogP contribution in [0.1, 0.15) is 0 Å². The maximum Gasteiger partial charge on any atom is 0.244 e. The van der Waals surface area contributed by atoms with E-state index in [-0.39, 0.29) is 18.0 Å². The van der Waals surface area contributed by atoms with Crippen molar-refractivity contribution in [3.8, 4) is 11.5 Å². The summed E-state index contributed by atoms with van der Waals surface area (Å²) in [5.41, 5.74) is 0.372. The largest absolute Gasteiger partial charge is 0.497 e. The number of ether oxygens (including phenoxy) is 3. The fourth-order valence-electron chi connectivity index (χ4n) is 3.20. The predicted molar refractivity (Wildman–Crippen MR) is 121 cm³/mol. The number of benzene rings is 2. The Labute approximate surface area is 187 Å². The first kappa shape index (κ1) is 23.5. The number of hydrogen-bond acceptors (Lipinski definition) is 7.